The molecule has 0 N–H and O–H groups in total. The van der Waals surface area contributed by atoms with Gasteiger partial charge >= 0.3 is 0 Å². The number of pyridine rings is 1. The molecule has 1 aromatic carbocycles. The number of halogens is 2. The van der Waals surface area contributed by atoms with Crippen molar-refractivity contribution in [2.24, 2.45) is 0 Å². The van der Waals surface area contributed by atoms with Crippen molar-refractivity contribution >= 4 is 23.2 Å². The maximum atomic E-state index is 5.91. The van der Waals surface area contributed by atoms with Gasteiger partial charge in [0.15, 0.2) is 0 Å². The zero-order valence-corrected chi connectivity index (χ0v) is 9.68. The third-order valence-electron chi connectivity index (χ3n) is 2.06. The molecule has 0 radical (unpaired) electrons. The van der Waals surface area contributed by atoms with Gasteiger partial charge in [-0.2, -0.15) is 0 Å². The van der Waals surface area contributed by atoms with E-state index in [0.717, 1.165) is 16.8 Å². The molecule has 0 aliphatic heterocycles. The Morgan fingerprint density at radius 1 is 1.07 bits per heavy atom. The van der Waals surface area contributed by atoms with Crippen LogP contribution in [0.25, 0.3) is 11.3 Å². The fraction of sp³-hybridized carbons (Fsp3) is 0.0833. The predicted octanol–water partition coefficient (Wildman–Crippen LogP) is 4.36. The van der Waals surface area contributed by atoms with Crippen LogP contribution in [0.1, 0.15) is 5.56 Å². The Morgan fingerprint density at radius 2 is 1.87 bits per heavy atom. The van der Waals surface area contributed by atoms with Gasteiger partial charge in [0.05, 0.1) is 5.69 Å². The molecular formula is C12H9Cl2N. The second kappa shape index (κ2) is 4.21. The van der Waals surface area contributed by atoms with E-state index >= 15 is 0 Å². The zero-order valence-electron chi connectivity index (χ0n) is 8.17. The van der Waals surface area contributed by atoms with E-state index in [1.165, 1.54) is 0 Å². The van der Waals surface area contributed by atoms with E-state index in [2.05, 4.69) is 4.98 Å². The smallest absolute Gasteiger partial charge is 0.130 e. The van der Waals surface area contributed by atoms with E-state index in [4.69, 9.17) is 23.2 Å². The molecule has 0 fully saturated rings. The van der Waals surface area contributed by atoms with Gasteiger partial charge < -0.3 is 0 Å². The van der Waals surface area contributed by atoms with Gasteiger partial charge in [-0.3, -0.25) is 0 Å². The highest BCUT2D eigenvalue weighted by Gasteiger charge is 2.02. The molecule has 0 amide bonds. The molecule has 0 spiro atoms. The highest BCUT2D eigenvalue weighted by Crippen LogP contribution is 2.23. The van der Waals surface area contributed by atoms with Crippen LogP contribution in [-0.4, -0.2) is 4.98 Å². The maximum Gasteiger partial charge on any atom is 0.130 e. The second-order valence-corrected chi connectivity index (χ2v) is 4.19. The molecule has 0 aliphatic carbocycles. The lowest BCUT2D eigenvalue weighted by Crippen LogP contribution is -1.86. The van der Waals surface area contributed by atoms with Crippen LogP contribution in [-0.2, 0) is 0 Å². The number of hydrogen-bond donors (Lipinski definition) is 0. The number of rotatable bonds is 1. The van der Waals surface area contributed by atoms with Crippen molar-refractivity contribution in [1.29, 1.82) is 0 Å². The summed E-state index contributed by atoms with van der Waals surface area (Å²) in [7, 11) is 0. The third-order valence-corrected chi connectivity index (χ3v) is 2.49. The minimum atomic E-state index is 0.505. The molecule has 0 bridgehead atoms. The molecule has 3 heteroatoms. The average Bonchev–Trinajstić information content (AvgIpc) is 2.16. The van der Waals surface area contributed by atoms with Gasteiger partial charge in [-0.1, -0.05) is 35.3 Å². The molecule has 2 rings (SSSR count). The number of benzene rings is 1. The van der Waals surface area contributed by atoms with Crippen LogP contribution in [0.15, 0.2) is 36.4 Å². The highest BCUT2D eigenvalue weighted by molar-refractivity contribution is 6.31. The molecule has 0 aliphatic rings. The van der Waals surface area contributed by atoms with E-state index < -0.39 is 0 Å². The molecule has 1 nitrogen and oxygen atoms in total. The first-order chi connectivity index (χ1) is 7.15. The molecule has 2 aromatic rings. The first kappa shape index (κ1) is 10.5. The van der Waals surface area contributed by atoms with Crippen molar-refractivity contribution < 1.29 is 0 Å². The lowest BCUT2D eigenvalue weighted by Gasteiger charge is -2.03. The van der Waals surface area contributed by atoms with Gasteiger partial charge in [-0.25, -0.2) is 4.98 Å². The number of nitrogens with zero attached hydrogens (tertiary/aromatic N) is 1. The van der Waals surface area contributed by atoms with Gasteiger partial charge in [0.1, 0.15) is 5.15 Å². The van der Waals surface area contributed by atoms with E-state index in [1.54, 1.807) is 0 Å². The summed E-state index contributed by atoms with van der Waals surface area (Å²) in [5.74, 6) is 0. The Labute approximate surface area is 98.7 Å². The monoisotopic (exact) mass is 237 g/mol. The lowest BCUT2D eigenvalue weighted by molar-refractivity contribution is 1.29. The summed E-state index contributed by atoms with van der Waals surface area (Å²) >= 11 is 11.8. The third kappa shape index (κ3) is 2.49. The first-order valence-electron chi connectivity index (χ1n) is 4.55. The van der Waals surface area contributed by atoms with Crippen LogP contribution < -0.4 is 0 Å². The van der Waals surface area contributed by atoms with E-state index in [0.29, 0.717) is 10.2 Å². The number of hydrogen-bond acceptors (Lipinski definition) is 1. The molecule has 0 saturated heterocycles. The molecule has 0 unspecified atom stereocenters. The fourth-order valence-corrected chi connectivity index (χ4v) is 1.87. The van der Waals surface area contributed by atoms with Crippen molar-refractivity contribution in [2.75, 3.05) is 0 Å². The van der Waals surface area contributed by atoms with E-state index in [1.807, 2.05) is 43.3 Å². The Hall–Kier alpha value is -1.05. The SMILES string of the molecule is Cc1cc(Cl)nc(-c2cccc(Cl)c2)c1. The van der Waals surface area contributed by atoms with Crippen LogP contribution in [0, 0.1) is 6.92 Å². The quantitative estimate of drug-likeness (QED) is 0.672. The highest BCUT2D eigenvalue weighted by atomic mass is 35.5. The summed E-state index contributed by atoms with van der Waals surface area (Å²) in [4.78, 5) is 4.25. The Balaban J connectivity index is 2.54. The molecule has 15 heavy (non-hydrogen) atoms. The van der Waals surface area contributed by atoms with Crippen molar-refractivity contribution in [2.45, 2.75) is 6.92 Å². The average molecular weight is 238 g/mol. The molecule has 0 atom stereocenters. The van der Waals surface area contributed by atoms with Crippen molar-refractivity contribution in [1.82, 2.24) is 4.98 Å². The largest absolute Gasteiger partial charge is 0.236 e. The molecule has 76 valence electrons. The van der Waals surface area contributed by atoms with Crippen LogP contribution in [0.2, 0.25) is 10.2 Å². The molecule has 0 saturated carbocycles. The van der Waals surface area contributed by atoms with Gasteiger partial charge in [0, 0.05) is 10.6 Å². The summed E-state index contributed by atoms with van der Waals surface area (Å²) in [6.07, 6.45) is 0. The Morgan fingerprint density at radius 3 is 2.53 bits per heavy atom. The van der Waals surface area contributed by atoms with E-state index in [-0.39, 0.29) is 0 Å². The summed E-state index contributed by atoms with van der Waals surface area (Å²) < 4.78 is 0. The van der Waals surface area contributed by atoms with Gasteiger partial charge in [-0.05, 0) is 36.8 Å². The minimum Gasteiger partial charge on any atom is -0.236 e. The molecule has 1 heterocycles. The maximum absolute atomic E-state index is 5.91. The summed E-state index contributed by atoms with van der Waals surface area (Å²) in [6.45, 7) is 1.99. The van der Waals surface area contributed by atoms with Crippen LogP contribution in [0.5, 0.6) is 0 Å². The Kier molecular flexibility index (Phi) is 2.94. The second-order valence-electron chi connectivity index (χ2n) is 3.36. The predicted molar refractivity (Wildman–Crippen MR) is 64.4 cm³/mol. The Bertz CT molecular complexity index is 474. The standard InChI is InChI=1S/C12H9Cl2N/c1-8-5-11(15-12(14)6-8)9-3-2-4-10(13)7-9/h2-7H,1H3. The van der Waals surface area contributed by atoms with Crippen LogP contribution in [0.3, 0.4) is 0 Å². The summed E-state index contributed by atoms with van der Waals surface area (Å²) in [6, 6.07) is 11.4. The lowest BCUT2D eigenvalue weighted by atomic mass is 10.1. The van der Waals surface area contributed by atoms with Crippen molar-refractivity contribution in [3.05, 3.63) is 52.1 Å². The van der Waals surface area contributed by atoms with E-state index in [9.17, 15) is 0 Å². The minimum absolute atomic E-state index is 0.505. The van der Waals surface area contributed by atoms with Crippen LogP contribution in [0.4, 0.5) is 0 Å². The van der Waals surface area contributed by atoms with Crippen molar-refractivity contribution in [3.8, 4) is 11.3 Å². The van der Waals surface area contributed by atoms with Gasteiger partial charge in [0.2, 0.25) is 0 Å². The summed E-state index contributed by atoms with van der Waals surface area (Å²) in [5.41, 5.74) is 2.92. The van der Waals surface area contributed by atoms with Gasteiger partial charge in [-0.15, -0.1) is 0 Å². The summed E-state index contributed by atoms with van der Waals surface area (Å²) in [5, 5.41) is 1.21. The zero-order chi connectivity index (χ0) is 10.8. The van der Waals surface area contributed by atoms with Crippen molar-refractivity contribution in [3.63, 3.8) is 0 Å². The molecular weight excluding hydrogens is 229 g/mol. The molecule has 1 aromatic heterocycles. The topological polar surface area (TPSA) is 12.9 Å². The first-order valence-corrected chi connectivity index (χ1v) is 5.31. The number of aryl methyl sites for hydroxylation is 1. The normalized spacial score (nSPS) is 10.3. The number of aromatic nitrogens is 1. The fourth-order valence-electron chi connectivity index (χ4n) is 1.42. The van der Waals surface area contributed by atoms with Crippen LogP contribution >= 0.6 is 23.2 Å². The van der Waals surface area contributed by atoms with Gasteiger partial charge in [0.25, 0.3) is 0 Å².